The summed E-state index contributed by atoms with van der Waals surface area (Å²) in [5.74, 6) is 0.963. The van der Waals surface area contributed by atoms with Crippen LogP contribution in [0.5, 0.6) is 0 Å². The van der Waals surface area contributed by atoms with E-state index in [9.17, 15) is 8.42 Å². The van der Waals surface area contributed by atoms with E-state index >= 15 is 0 Å². The van der Waals surface area contributed by atoms with E-state index in [0.717, 1.165) is 12.4 Å². The molecular weight excluding hydrogens is 274 g/mol. The molecule has 0 aliphatic heterocycles. The van der Waals surface area contributed by atoms with Crippen molar-refractivity contribution in [1.82, 2.24) is 10.6 Å². The Kier molecular flexibility index (Phi) is 10.5. The third-order valence-corrected chi connectivity index (χ3v) is 4.11. The molecule has 0 aliphatic rings. The van der Waals surface area contributed by atoms with Crippen LogP contribution in [-0.4, -0.2) is 46.0 Å². The number of nitrogens with one attached hydrogen (secondary N) is 2. The highest BCUT2D eigenvalue weighted by atomic mass is 32.2. The minimum Gasteiger partial charge on any atom is -0.356 e. The minimum atomic E-state index is -2.87. The smallest absolute Gasteiger partial charge is 0.191 e. The number of aliphatic imine (C=N–C) groups is 1. The molecule has 0 fully saturated rings. The molecule has 0 saturated carbocycles. The molecule has 0 spiro atoms. The molecular formula is C14H31N3O2S. The highest BCUT2D eigenvalue weighted by molar-refractivity contribution is 7.90. The summed E-state index contributed by atoms with van der Waals surface area (Å²) >= 11 is 0. The van der Waals surface area contributed by atoms with Crippen LogP contribution >= 0.6 is 0 Å². The molecule has 20 heavy (non-hydrogen) atoms. The number of unbranched alkanes of at least 4 members (excludes halogenated alkanes) is 3. The zero-order valence-corrected chi connectivity index (χ0v) is 14.2. The normalized spacial score (nSPS) is 14.1. The van der Waals surface area contributed by atoms with Crippen molar-refractivity contribution in [3.8, 4) is 0 Å². The third-order valence-electron chi connectivity index (χ3n) is 3.08. The van der Waals surface area contributed by atoms with Crippen molar-refractivity contribution in [2.45, 2.75) is 58.4 Å². The number of hydrogen-bond donors (Lipinski definition) is 2. The van der Waals surface area contributed by atoms with Gasteiger partial charge in [-0.15, -0.1) is 0 Å². The van der Waals surface area contributed by atoms with Gasteiger partial charge >= 0.3 is 0 Å². The van der Waals surface area contributed by atoms with E-state index in [1.807, 2.05) is 0 Å². The number of sulfone groups is 1. The van der Waals surface area contributed by atoms with E-state index in [-0.39, 0.29) is 5.75 Å². The fourth-order valence-electron chi connectivity index (χ4n) is 1.92. The first-order valence-electron chi connectivity index (χ1n) is 7.54. The van der Waals surface area contributed by atoms with E-state index in [0.29, 0.717) is 19.0 Å². The second kappa shape index (κ2) is 10.9. The summed E-state index contributed by atoms with van der Waals surface area (Å²) in [6.07, 6.45) is 8.06. The number of rotatable bonds is 10. The molecule has 0 aromatic carbocycles. The van der Waals surface area contributed by atoms with Crippen molar-refractivity contribution in [2.75, 3.05) is 25.6 Å². The molecule has 2 N–H and O–H groups in total. The van der Waals surface area contributed by atoms with Crippen molar-refractivity contribution in [1.29, 1.82) is 0 Å². The third kappa shape index (κ3) is 12.3. The Balaban J connectivity index is 3.80. The molecule has 0 rings (SSSR count). The maximum Gasteiger partial charge on any atom is 0.191 e. The van der Waals surface area contributed by atoms with Gasteiger partial charge in [-0.3, -0.25) is 4.99 Å². The second-order valence-corrected chi connectivity index (χ2v) is 7.64. The van der Waals surface area contributed by atoms with Crippen molar-refractivity contribution < 1.29 is 8.42 Å². The first-order valence-corrected chi connectivity index (χ1v) is 9.60. The van der Waals surface area contributed by atoms with Crippen LogP contribution in [-0.2, 0) is 9.84 Å². The predicted octanol–water partition coefficient (Wildman–Crippen LogP) is 1.95. The monoisotopic (exact) mass is 305 g/mol. The summed E-state index contributed by atoms with van der Waals surface area (Å²) in [4.78, 5) is 4.15. The molecule has 0 amide bonds. The van der Waals surface area contributed by atoms with Crippen LogP contribution in [0.4, 0.5) is 0 Å². The number of hydrogen-bond acceptors (Lipinski definition) is 3. The molecule has 120 valence electrons. The Labute approximate surface area is 124 Å². The van der Waals surface area contributed by atoms with Gasteiger partial charge in [-0.2, -0.15) is 0 Å². The Morgan fingerprint density at radius 3 is 2.45 bits per heavy atom. The van der Waals surface area contributed by atoms with E-state index < -0.39 is 9.84 Å². The Morgan fingerprint density at radius 1 is 1.20 bits per heavy atom. The zero-order valence-electron chi connectivity index (χ0n) is 13.4. The number of nitrogens with zero attached hydrogens (tertiary/aromatic N) is 1. The molecule has 0 bridgehead atoms. The van der Waals surface area contributed by atoms with Gasteiger partial charge in [-0.05, 0) is 19.8 Å². The Bertz CT molecular complexity index is 367. The maximum atomic E-state index is 11.0. The first-order chi connectivity index (χ1) is 9.39. The summed E-state index contributed by atoms with van der Waals surface area (Å²) < 4.78 is 22.0. The van der Waals surface area contributed by atoms with Gasteiger partial charge in [0.2, 0.25) is 0 Å². The molecule has 0 saturated heterocycles. The van der Waals surface area contributed by atoms with Crippen molar-refractivity contribution in [3.63, 3.8) is 0 Å². The van der Waals surface area contributed by atoms with Gasteiger partial charge in [0.1, 0.15) is 9.84 Å². The molecule has 0 aliphatic carbocycles. The van der Waals surface area contributed by atoms with Gasteiger partial charge in [-0.1, -0.05) is 32.6 Å². The molecule has 0 radical (unpaired) electrons. The van der Waals surface area contributed by atoms with Crippen LogP contribution in [0.1, 0.15) is 52.4 Å². The quantitative estimate of drug-likeness (QED) is 0.368. The average Bonchev–Trinajstić information content (AvgIpc) is 2.37. The Morgan fingerprint density at radius 2 is 1.90 bits per heavy atom. The van der Waals surface area contributed by atoms with Crippen molar-refractivity contribution >= 4 is 15.8 Å². The molecule has 1 atom stereocenters. The maximum absolute atomic E-state index is 11.0. The van der Waals surface area contributed by atoms with Crippen molar-refractivity contribution in [3.05, 3.63) is 0 Å². The molecule has 1 unspecified atom stereocenters. The standard InChI is InChI=1S/C14H31N3O2S/c1-5-6-7-8-10-13(2)17-14(15-3)16-11-9-12-20(4,18)19/h13H,5-12H2,1-4H3,(H2,15,16,17). The molecule has 0 aromatic rings. The summed E-state index contributed by atoms with van der Waals surface area (Å²) in [6.45, 7) is 4.98. The average molecular weight is 305 g/mol. The number of guanidine groups is 1. The van der Waals surface area contributed by atoms with Gasteiger partial charge in [0.15, 0.2) is 5.96 Å². The van der Waals surface area contributed by atoms with Crippen molar-refractivity contribution in [2.24, 2.45) is 4.99 Å². The summed E-state index contributed by atoms with van der Waals surface area (Å²) in [5, 5.41) is 6.48. The lowest BCUT2D eigenvalue weighted by Gasteiger charge is -2.17. The lowest BCUT2D eigenvalue weighted by atomic mass is 10.1. The lowest BCUT2D eigenvalue weighted by molar-refractivity contribution is 0.537. The molecule has 0 aromatic heterocycles. The molecule has 0 heterocycles. The molecule has 6 heteroatoms. The first kappa shape index (κ1) is 19.2. The summed E-state index contributed by atoms with van der Waals surface area (Å²) in [7, 11) is -1.14. The highest BCUT2D eigenvalue weighted by Gasteiger charge is 2.05. The van der Waals surface area contributed by atoms with E-state index in [1.54, 1.807) is 7.05 Å². The van der Waals surface area contributed by atoms with Crippen LogP contribution in [0, 0.1) is 0 Å². The topological polar surface area (TPSA) is 70.6 Å². The fraction of sp³-hybridized carbons (Fsp3) is 0.929. The minimum absolute atomic E-state index is 0.212. The van der Waals surface area contributed by atoms with Crippen LogP contribution in [0.3, 0.4) is 0 Å². The zero-order chi connectivity index (χ0) is 15.4. The van der Waals surface area contributed by atoms with Gasteiger partial charge in [0.05, 0.1) is 5.75 Å². The van der Waals surface area contributed by atoms with Crippen LogP contribution in [0.2, 0.25) is 0 Å². The SMILES string of the molecule is CCCCCCC(C)NC(=NC)NCCCS(C)(=O)=O. The Hall–Kier alpha value is -0.780. The lowest BCUT2D eigenvalue weighted by Crippen LogP contribution is -2.42. The van der Waals surface area contributed by atoms with Gasteiger partial charge in [0, 0.05) is 25.9 Å². The van der Waals surface area contributed by atoms with E-state index in [2.05, 4.69) is 29.5 Å². The van der Waals surface area contributed by atoms with Gasteiger partial charge in [-0.25, -0.2) is 8.42 Å². The second-order valence-electron chi connectivity index (χ2n) is 5.38. The highest BCUT2D eigenvalue weighted by Crippen LogP contribution is 2.05. The van der Waals surface area contributed by atoms with Crippen LogP contribution in [0.15, 0.2) is 4.99 Å². The summed E-state index contributed by atoms with van der Waals surface area (Å²) in [5.41, 5.74) is 0. The predicted molar refractivity (Wildman–Crippen MR) is 87.0 cm³/mol. The van der Waals surface area contributed by atoms with Crippen LogP contribution < -0.4 is 10.6 Å². The van der Waals surface area contributed by atoms with Gasteiger partial charge < -0.3 is 10.6 Å². The van der Waals surface area contributed by atoms with E-state index in [4.69, 9.17) is 0 Å². The van der Waals surface area contributed by atoms with E-state index in [1.165, 1.54) is 31.9 Å². The largest absolute Gasteiger partial charge is 0.356 e. The molecule has 5 nitrogen and oxygen atoms in total. The fourth-order valence-corrected chi connectivity index (χ4v) is 2.59. The van der Waals surface area contributed by atoms with Crippen LogP contribution in [0.25, 0.3) is 0 Å². The summed E-state index contributed by atoms with van der Waals surface area (Å²) in [6, 6.07) is 0.382. The van der Waals surface area contributed by atoms with Gasteiger partial charge in [0.25, 0.3) is 0 Å².